The summed E-state index contributed by atoms with van der Waals surface area (Å²) in [6.45, 7) is 2.39. The summed E-state index contributed by atoms with van der Waals surface area (Å²) in [5, 5.41) is 6.76. The van der Waals surface area contributed by atoms with Crippen molar-refractivity contribution in [1.82, 2.24) is 15.1 Å². The summed E-state index contributed by atoms with van der Waals surface area (Å²) in [6.07, 6.45) is 2.24. The van der Waals surface area contributed by atoms with Crippen molar-refractivity contribution < 1.29 is 4.79 Å². The van der Waals surface area contributed by atoms with Crippen LogP contribution in [-0.4, -0.2) is 15.7 Å². The number of carbonyl (C=O) groups excluding carboxylic acids is 1. The molecule has 4 heteroatoms. The summed E-state index contributed by atoms with van der Waals surface area (Å²) >= 11 is 0. The SMILES string of the molecule is CCC(=O)NCc1ccnn1C. The molecule has 1 amide bonds. The molecular formula is C8H13N3O. The lowest BCUT2D eigenvalue weighted by atomic mass is 10.4. The number of aromatic nitrogens is 2. The van der Waals surface area contributed by atoms with Crippen LogP contribution in [0, 0.1) is 0 Å². The number of aryl methyl sites for hydroxylation is 1. The number of nitrogens with zero attached hydrogens (tertiary/aromatic N) is 2. The molecule has 0 atom stereocenters. The molecule has 0 aliphatic heterocycles. The lowest BCUT2D eigenvalue weighted by Crippen LogP contribution is -2.22. The van der Waals surface area contributed by atoms with Crippen molar-refractivity contribution >= 4 is 5.91 Å². The van der Waals surface area contributed by atoms with Crippen LogP contribution in [0.25, 0.3) is 0 Å². The fourth-order valence-electron chi connectivity index (χ4n) is 0.889. The molecule has 0 aromatic carbocycles. The van der Waals surface area contributed by atoms with Gasteiger partial charge in [0, 0.05) is 19.7 Å². The van der Waals surface area contributed by atoms with Gasteiger partial charge in [-0.2, -0.15) is 5.10 Å². The van der Waals surface area contributed by atoms with Crippen molar-refractivity contribution in [3.8, 4) is 0 Å². The van der Waals surface area contributed by atoms with Crippen LogP contribution >= 0.6 is 0 Å². The average molecular weight is 167 g/mol. The summed E-state index contributed by atoms with van der Waals surface area (Å²) in [6, 6.07) is 1.88. The molecule has 0 unspecified atom stereocenters. The zero-order valence-corrected chi connectivity index (χ0v) is 7.37. The van der Waals surface area contributed by atoms with Crippen molar-refractivity contribution in [2.24, 2.45) is 7.05 Å². The van der Waals surface area contributed by atoms with E-state index in [-0.39, 0.29) is 5.91 Å². The van der Waals surface area contributed by atoms with Gasteiger partial charge in [-0.1, -0.05) is 6.92 Å². The van der Waals surface area contributed by atoms with Crippen molar-refractivity contribution in [1.29, 1.82) is 0 Å². The van der Waals surface area contributed by atoms with Crippen LogP contribution in [0.2, 0.25) is 0 Å². The molecular weight excluding hydrogens is 154 g/mol. The lowest BCUT2D eigenvalue weighted by Gasteiger charge is -2.02. The topological polar surface area (TPSA) is 46.9 Å². The van der Waals surface area contributed by atoms with Crippen molar-refractivity contribution in [2.45, 2.75) is 19.9 Å². The van der Waals surface area contributed by atoms with E-state index in [4.69, 9.17) is 0 Å². The molecule has 12 heavy (non-hydrogen) atoms. The highest BCUT2D eigenvalue weighted by atomic mass is 16.1. The third-order valence-corrected chi connectivity index (χ3v) is 1.71. The van der Waals surface area contributed by atoms with Crippen molar-refractivity contribution in [3.63, 3.8) is 0 Å². The van der Waals surface area contributed by atoms with Gasteiger partial charge in [-0.25, -0.2) is 0 Å². The van der Waals surface area contributed by atoms with Gasteiger partial charge in [-0.15, -0.1) is 0 Å². The number of hydrogen-bond acceptors (Lipinski definition) is 2. The largest absolute Gasteiger partial charge is 0.350 e. The highest BCUT2D eigenvalue weighted by Crippen LogP contribution is 1.94. The Bertz CT molecular complexity index is 267. The van der Waals surface area contributed by atoms with E-state index in [0.717, 1.165) is 5.69 Å². The maximum atomic E-state index is 10.9. The van der Waals surface area contributed by atoms with Gasteiger partial charge in [0.25, 0.3) is 0 Å². The lowest BCUT2D eigenvalue weighted by molar-refractivity contribution is -0.120. The van der Waals surface area contributed by atoms with Crippen LogP contribution in [0.15, 0.2) is 12.3 Å². The second-order valence-electron chi connectivity index (χ2n) is 2.58. The number of carbonyl (C=O) groups is 1. The highest BCUT2D eigenvalue weighted by Gasteiger charge is 1.99. The Morgan fingerprint density at radius 2 is 2.50 bits per heavy atom. The molecule has 66 valence electrons. The molecule has 0 saturated carbocycles. The molecule has 0 aliphatic rings. The first kappa shape index (κ1) is 8.77. The summed E-state index contributed by atoms with van der Waals surface area (Å²) in [5.41, 5.74) is 1.01. The van der Waals surface area contributed by atoms with Gasteiger partial charge >= 0.3 is 0 Å². The van der Waals surface area contributed by atoms with Crippen molar-refractivity contribution in [2.75, 3.05) is 0 Å². The highest BCUT2D eigenvalue weighted by molar-refractivity contribution is 5.75. The van der Waals surface area contributed by atoms with Gasteiger partial charge in [0.1, 0.15) is 0 Å². The van der Waals surface area contributed by atoms with E-state index >= 15 is 0 Å². The second kappa shape index (κ2) is 3.90. The molecule has 0 saturated heterocycles. The Balaban J connectivity index is 2.43. The molecule has 0 fully saturated rings. The fraction of sp³-hybridized carbons (Fsp3) is 0.500. The third-order valence-electron chi connectivity index (χ3n) is 1.71. The molecule has 0 bridgehead atoms. The Kier molecular flexibility index (Phi) is 2.85. The number of rotatable bonds is 3. The van der Waals surface area contributed by atoms with E-state index in [0.29, 0.717) is 13.0 Å². The monoisotopic (exact) mass is 167 g/mol. The van der Waals surface area contributed by atoms with Crippen LogP contribution in [0.4, 0.5) is 0 Å². The van der Waals surface area contributed by atoms with Gasteiger partial charge in [-0.3, -0.25) is 9.48 Å². The van der Waals surface area contributed by atoms with E-state index in [1.807, 2.05) is 20.0 Å². The summed E-state index contributed by atoms with van der Waals surface area (Å²) in [5.74, 6) is 0.0659. The summed E-state index contributed by atoms with van der Waals surface area (Å²) < 4.78 is 1.75. The minimum Gasteiger partial charge on any atom is -0.350 e. The Labute approximate surface area is 71.6 Å². The summed E-state index contributed by atoms with van der Waals surface area (Å²) in [4.78, 5) is 10.9. The van der Waals surface area contributed by atoms with Crippen LogP contribution in [0.5, 0.6) is 0 Å². The molecule has 0 spiro atoms. The van der Waals surface area contributed by atoms with Gasteiger partial charge in [-0.05, 0) is 6.07 Å². The molecule has 1 heterocycles. The van der Waals surface area contributed by atoms with Gasteiger partial charge < -0.3 is 5.32 Å². The standard InChI is InChI=1S/C8H13N3O/c1-3-8(12)9-6-7-4-5-10-11(7)2/h4-5H,3,6H2,1-2H3,(H,9,12). The number of nitrogens with one attached hydrogen (secondary N) is 1. The molecule has 1 N–H and O–H groups in total. The number of amides is 1. The second-order valence-corrected chi connectivity index (χ2v) is 2.58. The third kappa shape index (κ3) is 2.08. The smallest absolute Gasteiger partial charge is 0.220 e. The van der Waals surface area contributed by atoms with E-state index in [1.165, 1.54) is 0 Å². The fourth-order valence-corrected chi connectivity index (χ4v) is 0.889. The predicted molar refractivity (Wildman–Crippen MR) is 45.3 cm³/mol. The Morgan fingerprint density at radius 1 is 1.75 bits per heavy atom. The molecule has 0 aliphatic carbocycles. The quantitative estimate of drug-likeness (QED) is 0.710. The first-order chi connectivity index (χ1) is 5.74. The molecule has 1 aromatic heterocycles. The van der Waals surface area contributed by atoms with E-state index in [9.17, 15) is 4.79 Å². The zero-order valence-electron chi connectivity index (χ0n) is 7.37. The van der Waals surface area contributed by atoms with Crippen molar-refractivity contribution in [3.05, 3.63) is 18.0 Å². The minimum atomic E-state index is 0.0659. The van der Waals surface area contributed by atoms with Crippen LogP contribution in [-0.2, 0) is 18.4 Å². The summed E-state index contributed by atoms with van der Waals surface area (Å²) in [7, 11) is 1.85. The average Bonchev–Trinajstić information content (AvgIpc) is 2.47. The van der Waals surface area contributed by atoms with Crippen LogP contribution < -0.4 is 5.32 Å². The Hall–Kier alpha value is -1.32. The van der Waals surface area contributed by atoms with Gasteiger partial charge in [0.2, 0.25) is 5.91 Å². The van der Waals surface area contributed by atoms with Crippen LogP contribution in [0.3, 0.4) is 0 Å². The molecule has 1 rings (SSSR count). The Morgan fingerprint density at radius 3 is 3.00 bits per heavy atom. The minimum absolute atomic E-state index is 0.0659. The maximum absolute atomic E-state index is 10.9. The van der Waals surface area contributed by atoms with Gasteiger partial charge in [0.15, 0.2) is 0 Å². The van der Waals surface area contributed by atoms with E-state index in [2.05, 4.69) is 10.4 Å². The zero-order chi connectivity index (χ0) is 8.97. The predicted octanol–water partition coefficient (Wildman–Crippen LogP) is 0.446. The van der Waals surface area contributed by atoms with Crippen LogP contribution in [0.1, 0.15) is 19.0 Å². The molecule has 1 aromatic rings. The normalized spacial score (nSPS) is 9.83. The first-order valence-corrected chi connectivity index (χ1v) is 3.97. The molecule has 4 nitrogen and oxygen atoms in total. The van der Waals surface area contributed by atoms with E-state index in [1.54, 1.807) is 10.9 Å². The van der Waals surface area contributed by atoms with E-state index < -0.39 is 0 Å². The number of hydrogen-bond donors (Lipinski definition) is 1. The maximum Gasteiger partial charge on any atom is 0.220 e. The first-order valence-electron chi connectivity index (χ1n) is 3.97. The molecule has 0 radical (unpaired) electrons. The van der Waals surface area contributed by atoms with Gasteiger partial charge in [0.05, 0.1) is 12.2 Å².